The summed E-state index contributed by atoms with van der Waals surface area (Å²) in [5.41, 5.74) is 7.94. The molecule has 5 heteroatoms. The third kappa shape index (κ3) is 3.52. The van der Waals surface area contributed by atoms with E-state index in [1.165, 1.54) is 0 Å². The quantitative estimate of drug-likeness (QED) is 0.849. The molecule has 0 aliphatic heterocycles. The van der Waals surface area contributed by atoms with Gasteiger partial charge in [0.05, 0.1) is 0 Å². The summed E-state index contributed by atoms with van der Waals surface area (Å²) in [5, 5.41) is 0.684. The molecule has 0 saturated heterocycles. The zero-order valence-corrected chi connectivity index (χ0v) is 13.3. The van der Waals surface area contributed by atoms with Gasteiger partial charge in [0.2, 0.25) is 0 Å². The van der Waals surface area contributed by atoms with Gasteiger partial charge in [-0.1, -0.05) is 23.7 Å². The van der Waals surface area contributed by atoms with E-state index in [4.69, 9.17) is 17.3 Å². The van der Waals surface area contributed by atoms with Crippen molar-refractivity contribution in [3.63, 3.8) is 0 Å². The van der Waals surface area contributed by atoms with Crippen LogP contribution in [0.1, 0.15) is 15.9 Å². The number of carbonyl (C=O) groups is 1. The fourth-order valence-corrected chi connectivity index (χ4v) is 2.21. The van der Waals surface area contributed by atoms with Crippen LogP contribution in [-0.2, 0) is 6.54 Å². The summed E-state index contributed by atoms with van der Waals surface area (Å²) in [6.45, 7) is 0.520. The monoisotopic (exact) mass is 352 g/mol. The Morgan fingerprint density at radius 2 is 1.90 bits per heavy atom. The minimum absolute atomic E-state index is 0.0702. The van der Waals surface area contributed by atoms with Gasteiger partial charge in [-0.2, -0.15) is 0 Å². The minimum Gasteiger partial charge on any atom is -0.398 e. The summed E-state index contributed by atoms with van der Waals surface area (Å²) < 4.78 is 0.786. The zero-order valence-electron chi connectivity index (χ0n) is 10.9. The molecule has 2 aromatic rings. The van der Waals surface area contributed by atoms with Crippen LogP contribution < -0.4 is 5.73 Å². The first kappa shape index (κ1) is 14.9. The number of anilines is 1. The Kier molecular flexibility index (Phi) is 4.68. The second-order valence-corrected chi connectivity index (χ2v) is 5.81. The highest BCUT2D eigenvalue weighted by Crippen LogP contribution is 2.21. The number of hydrogen-bond acceptors (Lipinski definition) is 2. The molecule has 3 nitrogen and oxygen atoms in total. The predicted molar refractivity (Wildman–Crippen MR) is 85.8 cm³/mol. The topological polar surface area (TPSA) is 46.3 Å². The van der Waals surface area contributed by atoms with Crippen molar-refractivity contribution in [1.82, 2.24) is 4.90 Å². The highest BCUT2D eigenvalue weighted by Gasteiger charge is 2.13. The smallest absolute Gasteiger partial charge is 0.253 e. The standard InChI is InChI=1S/C15H14BrClN2O/c1-19(9-10-2-5-12(17)6-3-10)15(20)11-4-7-13(16)14(18)8-11/h2-8H,9,18H2,1H3. The molecule has 0 aliphatic rings. The molecule has 0 aromatic heterocycles. The molecule has 20 heavy (non-hydrogen) atoms. The van der Waals surface area contributed by atoms with E-state index in [2.05, 4.69) is 15.9 Å². The maximum Gasteiger partial charge on any atom is 0.253 e. The number of hydrogen-bond donors (Lipinski definition) is 1. The molecule has 0 radical (unpaired) electrons. The average Bonchev–Trinajstić information content (AvgIpc) is 2.43. The van der Waals surface area contributed by atoms with E-state index >= 15 is 0 Å². The van der Waals surface area contributed by atoms with Gasteiger partial charge >= 0.3 is 0 Å². The molecule has 2 N–H and O–H groups in total. The van der Waals surface area contributed by atoms with Crippen molar-refractivity contribution >= 4 is 39.1 Å². The molecule has 2 aromatic carbocycles. The first-order valence-corrected chi connectivity index (χ1v) is 7.19. The van der Waals surface area contributed by atoms with E-state index in [1.807, 2.05) is 24.3 Å². The number of halogens is 2. The molecule has 104 valence electrons. The van der Waals surface area contributed by atoms with Crippen LogP contribution in [0.25, 0.3) is 0 Å². The fraction of sp³-hybridized carbons (Fsp3) is 0.133. The Morgan fingerprint density at radius 3 is 2.50 bits per heavy atom. The summed E-state index contributed by atoms with van der Waals surface area (Å²) in [6, 6.07) is 12.6. The van der Waals surface area contributed by atoms with E-state index in [1.54, 1.807) is 30.1 Å². The molecular formula is C15H14BrClN2O. The number of benzene rings is 2. The third-order valence-electron chi connectivity index (χ3n) is 2.92. The summed E-state index contributed by atoms with van der Waals surface area (Å²) >= 11 is 9.15. The minimum atomic E-state index is -0.0702. The second-order valence-electron chi connectivity index (χ2n) is 4.52. The Morgan fingerprint density at radius 1 is 1.25 bits per heavy atom. The zero-order chi connectivity index (χ0) is 14.7. The number of rotatable bonds is 3. The Labute approximate surface area is 131 Å². The van der Waals surface area contributed by atoms with Gasteiger partial charge in [0.1, 0.15) is 0 Å². The third-order valence-corrected chi connectivity index (χ3v) is 3.90. The van der Waals surface area contributed by atoms with Crippen LogP contribution in [0, 0.1) is 0 Å². The lowest BCUT2D eigenvalue weighted by Crippen LogP contribution is -2.26. The normalized spacial score (nSPS) is 10.3. The van der Waals surface area contributed by atoms with E-state index in [0.717, 1.165) is 10.0 Å². The molecule has 0 unspecified atom stereocenters. The van der Waals surface area contributed by atoms with Gasteiger partial charge in [0, 0.05) is 34.3 Å². The highest BCUT2D eigenvalue weighted by atomic mass is 79.9. The van der Waals surface area contributed by atoms with Crippen LogP contribution in [0.15, 0.2) is 46.9 Å². The van der Waals surface area contributed by atoms with Crippen LogP contribution in [0.3, 0.4) is 0 Å². The van der Waals surface area contributed by atoms with Gasteiger partial charge in [0.15, 0.2) is 0 Å². The van der Waals surface area contributed by atoms with E-state index in [9.17, 15) is 4.79 Å². The molecule has 0 saturated carbocycles. The summed E-state index contributed by atoms with van der Waals surface area (Å²) in [7, 11) is 1.76. The molecule has 0 atom stereocenters. The van der Waals surface area contributed by atoms with E-state index in [0.29, 0.717) is 22.8 Å². The first-order chi connectivity index (χ1) is 9.47. The number of amides is 1. The lowest BCUT2D eigenvalue weighted by atomic mass is 10.1. The highest BCUT2D eigenvalue weighted by molar-refractivity contribution is 9.10. The molecule has 0 fully saturated rings. The Balaban J connectivity index is 2.11. The largest absolute Gasteiger partial charge is 0.398 e. The Bertz CT molecular complexity index is 628. The summed E-state index contributed by atoms with van der Waals surface area (Å²) in [5.74, 6) is -0.0702. The summed E-state index contributed by atoms with van der Waals surface area (Å²) in [4.78, 5) is 14.0. The van der Waals surface area contributed by atoms with Gasteiger partial charge in [-0.05, 0) is 51.8 Å². The van der Waals surface area contributed by atoms with Crippen molar-refractivity contribution in [2.24, 2.45) is 0 Å². The van der Waals surface area contributed by atoms with Gasteiger partial charge in [0.25, 0.3) is 5.91 Å². The second kappa shape index (κ2) is 6.29. The maximum atomic E-state index is 12.3. The Hall–Kier alpha value is -1.52. The predicted octanol–water partition coefficient (Wildman–Crippen LogP) is 3.96. The first-order valence-electron chi connectivity index (χ1n) is 6.02. The molecule has 0 heterocycles. The van der Waals surface area contributed by atoms with Crippen molar-refractivity contribution in [3.8, 4) is 0 Å². The molecule has 1 amide bonds. The molecular weight excluding hydrogens is 340 g/mol. The average molecular weight is 354 g/mol. The van der Waals surface area contributed by atoms with E-state index in [-0.39, 0.29) is 5.91 Å². The van der Waals surface area contributed by atoms with Crippen LogP contribution in [0.5, 0.6) is 0 Å². The van der Waals surface area contributed by atoms with Crippen LogP contribution in [0.2, 0.25) is 5.02 Å². The lowest BCUT2D eigenvalue weighted by molar-refractivity contribution is 0.0785. The molecule has 0 spiro atoms. The number of carbonyl (C=O) groups excluding carboxylic acids is 1. The van der Waals surface area contributed by atoms with Crippen molar-refractivity contribution in [2.75, 3.05) is 12.8 Å². The van der Waals surface area contributed by atoms with Gasteiger partial charge in [-0.25, -0.2) is 0 Å². The fourth-order valence-electron chi connectivity index (χ4n) is 1.83. The van der Waals surface area contributed by atoms with Gasteiger partial charge in [-0.15, -0.1) is 0 Å². The van der Waals surface area contributed by atoms with Crippen molar-refractivity contribution in [3.05, 3.63) is 63.1 Å². The van der Waals surface area contributed by atoms with Gasteiger partial charge in [-0.3, -0.25) is 4.79 Å². The molecule has 0 aliphatic carbocycles. The van der Waals surface area contributed by atoms with Crippen molar-refractivity contribution in [1.29, 1.82) is 0 Å². The lowest BCUT2D eigenvalue weighted by Gasteiger charge is -2.17. The SMILES string of the molecule is CN(Cc1ccc(Cl)cc1)C(=O)c1ccc(Br)c(N)c1. The number of nitrogens with two attached hydrogens (primary N) is 1. The molecule has 0 bridgehead atoms. The number of nitrogen functional groups attached to an aromatic ring is 1. The molecule has 2 rings (SSSR count). The van der Waals surface area contributed by atoms with Crippen LogP contribution in [-0.4, -0.2) is 17.9 Å². The van der Waals surface area contributed by atoms with Gasteiger partial charge < -0.3 is 10.6 Å². The van der Waals surface area contributed by atoms with Crippen molar-refractivity contribution in [2.45, 2.75) is 6.54 Å². The maximum absolute atomic E-state index is 12.3. The van der Waals surface area contributed by atoms with Crippen molar-refractivity contribution < 1.29 is 4.79 Å². The number of nitrogens with zero attached hydrogens (tertiary/aromatic N) is 1. The van der Waals surface area contributed by atoms with Crippen LogP contribution >= 0.6 is 27.5 Å². The van der Waals surface area contributed by atoms with Crippen LogP contribution in [0.4, 0.5) is 5.69 Å². The summed E-state index contributed by atoms with van der Waals surface area (Å²) in [6.07, 6.45) is 0. The van der Waals surface area contributed by atoms with E-state index < -0.39 is 0 Å².